The van der Waals surface area contributed by atoms with E-state index in [-0.39, 0.29) is 12.6 Å². The van der Waals surface area contributed by atoms with Crippen LogP contribution in [0, 0.1) is 6.92 Å². The molecule has 1 fully saturated rings. The smallest absolute Gasteiger partial charge is 0.338 e. The summed E-state index contributed by atoms with van der Waals surface area (Å²) < 4.78 is 5.36. The average molecular weight is 454 g/mol. The molecule has 2 aliphatic rings. The second-order valence-electron chi connectivity index (χ2n) is 8.33. The number of halogens is 1. The number of carbonyl (C=O) groups excluding carboxylic acids is 2. The number of ether oxygens (including phenoxy) is 1. The largest absolute Gasteiger partial charge is 0.463 e. The maximum atomic E-state index is 12.9. The molecule has 2 aromatic rings. The summed E-state index contributed by atoms with van der Waals surface area (Å²) >= 11 is 6.03. The number of nitrogens with one attached hydrogen (secondary N) is 2. The summed E-state index contributed by atoms with van der Waals surface area (Å²) in [5.41, 5.74) is 4.39. The molecule has 0 aromatic heterocycles. The van der Waals surface area contributed by atoms with Gasteiger partial charge in [-0.15, -0.1) is 0 Å². The SMILES string of the molecule is CCOC(=O)C1=C(CN2CC[C@@H](c3ccc(C)cc3)C2)NC(=O)N[C@H]1c1ccc(Cl)cc1. The van der Waals surface area contributed by atoms with Crippen LogP contribution in [-0.4, -0.2) is 43.1 Å². The Bertz CT molecular complexity index is 1020. The van der Waals surface area contributed by atoms with Crippen molar-refractivity contribution < 1.29 is 14.3 Å². The number of nitrogens with zero attached hydrogens (tertiary/aromatic N) is 1. The zero-order valence-corrected chi connectivity index (χ0v) is 19.1. The molecule has 2 atom stereocenters. The Labute approximate surface area is 193 Å². The number of hydrogen-bond acceptors (Lipinski definition) is 4. The standard InChI is InChI=1S/C25H28ClN3O3/c1-3-32-24(30)22-21(27-25(31)28-23(22)18-8-10-20(26)11-9-18)15-29-13-12-19(14-29)17-6-4-16(2)5-7-17/h4-11,19,23H,3,12-15H2,1-2H3,(H2,27,28,31)/t19-,23+/m1/s1. The normalized spacial score (nSPS) is 21.3. The average Bonchev–Trinajstić information content (AvgIpc) is 3.23. The number of amides is 2. The predicted octanol–water partition coefficient (Wildman–Crippen LogP) is 4.31. The van der Waals surface area contributed by atoms with Crippen molar-refractivity contribution >= 4 is 23.6 Å². The molecule has 0 unspecified atom stereocenters. The van der Waals surface area contributed by atoms with E-state index in [0.29, 0.717) is 28.8 Å². The summed E-state index contributed by atoms with van der Waals surface area (Å²) in [7, 11) is 0. The van der Waals surface area contributed by atoms with Crippen LogP contribution in [0.4, 0.5) is 4.79 Å². The number of urea groups is 1. The minimum absolute atomic E-state index is 0.260. The van der Waals surface area contributed by atoms with Crippen molar-refractivity contribution in [1.29, 1.82) is 0 Å². The molecular weight excluding hydrogens is 426 g/mol. The lowest BCUT2D eigenvalue weighted by atomic mass is 9.95. The quantitative estimate of drug-likeness (QED) is 0.639. The summed E-state index contributed by atoms with van der Waals surface area (Å²) in [4.78, 5) is 27.7. The molecule has 32 heavy (non-hydrogen) atoms. The fourth-order valence-corrected chi connectivity index (χ4v) is 4.53. The van der Waals surface area contributed by atoms with Gasteiger partial charge >= 0.3 is 12.0 Å². The molecule has 2 aliphatic heterocycles. The number of aryl methyl sites for hydroxylation is 1. The van der Waals surface area contributed by atoms with Gasteiger partial charge in [-0.25, -0.2) is 9.59 Å². The molecule has 1 saturated heterocycles. The summed E-state index contributed by atoms with van der Waals surface area (Å²) in [5.74, 6) is 0.0101. The minimum atomic E-state index is -0.592. The van der Waals surface area contributed by atoms with E-state index in [9.17, 15) is 9.59 Å². The number of likely N-dealkylation sites (tertiary alicyclic amines) is 1. The van der Waals surface area contributed by atoms with Crippen molar-refractivity contribution in [3.63, 3.8) is 0 Å². The fourth-order valence-electron chi connectivity index (χ4n) is 4.41. The number of esters is 1. The number of rotatable bonds is 6. The molecule has 0 saturated carbocycles. The van der Waals surface area contributed by atoms with Gasteiger partial charge in [0.1, 0.15) is 0 Å². The van der Waals surface area contributed by atoms with Crippen LogP contribution in [0.2, 0.25) is 5.02 Å². The highest BCUT2D eigenvalue weighted by atomic mass is 35.5. The van der Waals surface area contributed by atoms with Crippen LogP contribution in [0.25, 0.3) is 0 Å². The van der Waals surface area contributed by atoms with Crippen LogP contribution in [0.5, 0.6) is 0 Å². The molecule has 0 aliphatic carbocycles. The third kappa shape index (κ3) is 4.97. The van der Waals surface area contributed by atoms with E-state index < -0.39 is 12.0 Å². The van der Waals surface area contributed by atoms with Gasteiger partial charge in [-0.3, -0.25) is 4.90 Å². The molecule has 0 spiro atoms. The lowest BCUT2D eigenvalue weighted by Gasteiger charge is -2.31. The van der Waals surface area contributed by atoms with Crippen molar-refractivity contribution in [3.05, 3.63) is 81.5 Å². The molecule has 4 rings (SSSR count). The van der Waals surface area contributed by atoms with E-state index in [4.69, 9.17) is 16.3 Å². The molecule has 2 heterocycles. The first-order valence-electron chi connectivity index (χ1n) is 11.0. The van der Waals surface area contributed by atoms with Gasteiger partial charge in [-0.1, -0.05) is 53.6 Å². The summed E-state index contributed by atoms with van der Waals surface area (Å²) in [6.45, 7) is 6.37. The third-order valence-corrected chi connectivity index (χ3v) is 6.31. The van der Waals surface area contributed by atoms with Crippen molar-refractivity contribution in [2.75, 3.05) is 26.2 Å². The van der Waals surface area contributed by atoms with Gasteiger partial charge in [0.2, 0.25) is 0 Å². The zero-order valence-electron chi connectivity index (χ0n) is 18.4. The van der Waals surface area contributed by atoms with Crippen molar-refractivity contribution in [2.45, 2.75) is 32.2 Å². The van der Waals surface area contributed by atoms with E-state index in [1.807, 2.05) is 12.1 Å². The molecule has 6 nitrogen and oxygen atoms in total. The summed E-state index contributed by atoms with van der Waals surface area (Å²) in [6.07, 6.45) is 1.04. The Morgan fingerprint density at radius 2 is 1.81 bits per heavy atom. The van der Waals surface area contributed by atoms with Crippen LogP contribution >= 0.6 is 11.6 Å². The zero-order chi connectivity index (χ0) is 22.7. The first kappa shape index (κ1) is 22.4. The van der Waals surface area contributed by atoms with Crippen LogP contribution in [0.1, 0.15) is 42.0 Å². The molecule has 0 bridgehead atoms. The van der Waals surface area contributed by atoms with Gasteiger partial charge in [0.15, 0.2) is 0 Å². The molecule has 2 aromatic carbocycles. The molecule has 0 radical (unpaired) electrons. The van der Waals surface area contributed by atoms with E-state index in [0.717, 1.165) is 25.1 Å². The highest BCUT2D eigenvalue weighted by molar-refractivity contribution is 6.30. The van der Waals surface area contributed by atoms with Gasteiger partial charge in [0.05, 0.1) is 18.2 Å². The van der Waals surface area contributed by atoms with Gasteiger partial charge < -0.3 is 15.4 Å². The maximum Gasteiger partial charge on any atom is 0.338 e. The van der Waals surface area contributed by atoms with Crippen LogP contribution in [0.3, 0.4) is 0 Å². The van der Waals surface area contributed by atoms with E-state index in [2.05, 4.69) is 46.7 Å². The Balaban J connectivity index is 1.60. The number of carbonyl (C=O) groups is 2. The highest BCUT2D eigenvalue weighted by Gasteiger charge is 2.35. The lowest BCUT2D eigenvalue weighted by Crippen LogP contribution is -2.48. The highest BCUT2D eigenvalue weighted by Crippen LogP contribution is 2.31. The Morgan fingerprint density at radius 1 is 1.12 bits per heavy atom. The summed E-state index contributed by atoms with van der Waals surface area (Å²) in [6, 6.07) is 14.9. The Kier molecular flexibility index (Phi) is 6.82. The van der Waals surface area contributed by atoms with Crippen molar-refractivity contribution in [3.8, 4) is 0 Å². The van der Waals surface area contributed by atoms with Gasteiger partial charge in [0.25, 0.3) is 0 Å². The number of benzene rings is 2. The topological polar surface area (TPSA) is 70.7 Å². The van der Waals surface area contributed by atoms with E-state index in [1.54, 1.807) is 19.1 Å². The minimum Gasteiger partial charge on any atom is -0.463 e. The lowest BCUT2D eigenvalue weighted by molar-refractivity contribution is -0.139. The fraction of sp³-hybridized carbons (Fsp3) is 0.360. The molecule has 168 valence electrons. The van der Waals surface area contributed by atoms with Gasteiger partial charge in [0, 0.05) is 23.8 Å². The summed E-state index contributed by atoms with van der Waals surface area (Å²) in [5, 5.41) is 6.33. The molecular formula is C25H28ClN3O3. The molecule has 2 amide bonds. The third-order valence-electron chi connectivity index (χ3n) is 6.06. The van der Waals surface area contributed by atoms with Crippen LogP contribution < -0.4 is 10.6 Å². The molecule has 2 N–H and O–H groups in total. The second-order valence-corrected chi connectivity index (χ2v) is 8.76. The number of hydrogen-bond donors (Lipinski definition) is 2. The first-order chi connectivity index (χ1) is 15.4. The first-order valence-corrected chi connectivity index (χ1v) is 11.3. The van der Waals surface area contributed by atoms with Gasteiger partial charge in [-0.2, -0.15) is 0 Å². The van der Waals surface area contributed by atoms with Crippen molar-refractivity contribution in [1.82, 2.24) is 15.5 Å². The molecule has 7 heteroatoms. The second kappa shape index (κ2) is 9.76. The van der Waals surface area contributed by atoms with Crippen LogP contribution in [0.15, 0.2) is 59.8 Å². The van der Waals surface area contributed by atoms with E-state index >= 15 is 0 Å². The van der Waals surface area contributed by atoms with Gasteiger partial charge in [-0.05, 0) is 56.0 Å². The van der Waals surface area contributed by atoms with Crippen molar-refractivity contribution in [2.24, 2.45) is 0 Å². The van der Waals surface area contributed by atoms with E-state index in [1.165, 1.54) is 11.1 Å². The Morgan fingerprint density at radius 3 is 2.50 bits per heavy atom. The monoisotopic (exact) mass is 453 g/mol. The Hall–Kier alpha value is -2.83. The predicted molar refractivity (Wildman–Crippen MR) is 124 cm³/mol. The van der Waals surface area contributed by atoms with Crippen LogP contribution in [-0.2, 0) is 9.53 Å². The maximum absolute atomic E-state index is 12.9.